The SMILES string of the molecule is CCCCC(CC)C(=O)NOP(=S)(S)ONC(=O)C(CC)CCCC. The van der Waals surface area contributed by atoms with Crippen molar-refractivity contribution in [2.24, 2.45) is 11.8 Å². The van der Waals surface area contributed by atoms with E-state index >= 15 is 0 Å². The Bertz CT molecular complexity index is 416. The number of hydrogen-bond acceptors (Lipinski definition) is 5. The molecule has 0 spiro atoms. The molecule has 0 aliphatic rings. The summed E-state index contributed by atoms with van der Waals surface area (Å²) in [6.45, 7) is 8.06. The maximum absolute atomic E-state index is 12.1. The molecule has 0 aliphatic carbocycles. The third-order valence-electron chi connectivity index (χ3n) is 4.06. The van der Waals surface area contributed by atoms with E-state index in [0.29, 0.717) is 0 Å². The molecule has 0 aliphatic heterocycles. The van der Waals surface area contributed by atoms with Crippen molar-refractivity contribution in [3.05, 3.63) is 0 Å². The van der Waals surface area contributed by atoms with Crippen molar-refractivity contribution in [1.82, 2.24) is 11.0 Å². The Hall–Kier alpha value is -0.140. The highest BCUT2D eigenvalue weighted by molar-refractivity contribution is 8.60. The maximum atomic E-state index is 12.1. The van der Waals surface area contributed by atoms with E-state index < -0.39 is 5.69 Å². The fourth-order valence-corrected chi connectivity index (χ4v) is 3.25. The summed E-state index contributed by atoms with van der Waals surface area (Å²) in [5.41, 5.74) is 1.59. The molecule has 2 N–H and O–H groups in total. The monoisotopic (exact) mass is 412 g/mol. The number of carbonyl (C=O) groups is 2. The van der Waals surface area contributed by atoms with Gasteiger partial charge in [0.15, 0.2) is 0 Å². The Balaban J connectivity index is 4.37. The van der Waals surface area contributed by atoms with Crippen molar-refractivity contribution < 1.29 is 18.8 Å². The average molecular weight is 413 g/mol. The van der Waals surface area contributed by atoms with E-state index in [0.717, 1.165) is 51.4 Å². The number of hydrogen-bond donors (Lipinski definition) is 3. The summed E-state index contributed by atoms with van der Waals surface area (Å²) in [6, 6.07) is 0. The summed E-state index contributed by atoms with van der Waals surface area (Å²) in [5, 5.41) is 0. The van der Waals surface area contributed by atoms with Crippen LogP contribution in [-0.4, -0.2) is 11.8 Å². The highest BCUT2D eigenvalue weighted by Crippen LogP contribution is 2.51. The first kappa shape index (κ1) is 24.9. The van der Waals surface area contributed by atoms with Gasteiger partial charge >= 0.3 is 0 Å². The molecule has 0 heterocycles. The van der Waals surface area contributed by atoms with Gasteiger partial charge in [0.25, 0.3) is 5.69 Å². The predicted molar refractivity (Wildman–Crippen MR) is 108 cm³/mol. The molecule has 9 heteroatoms. The van der Waals surface area contributed by atoms with Gasteiger partial charge < -0.3 is 0 Å². The zero-order valence-corrected chi connectivity index (χ0v) is 18.4. The molecule has 0 bridgehead atoms. The molecule has 0 saturated heterocycles. The Morgan fingerprint density at radius 2 is 1.28 bits per heavy atom. The number of rotatable bonds is 14. The van der Waals surface area contributed by atoms with E-state index in [-0.39, 0.29) is 23.7 Å². The molecule has 2 atom stereocenters. The topological polar surface area (TPSA) is 76.7 Å². The molecule has 0 rings (SSSR count). The van der Waals surface area contributed by atoms with Gasteiger partial charge in [-0.2, -0.15) is 0 Å². The number of hydroxylamine groups is 2. The fraction of sp³-hybridized carbons (Fsp3) is 0.875. The van der Waals surface area contributed by atoms with Gasteiger partial charge in [-0.25, -0.2) is 20.2 Å². The third-order valence-corrected chi connectivity index (χ3v) is 5.64. The number of carbonyl (C=O) groups excluding carboxylic acids is 2. The fourth-order valence-electron chi connectivity index (χ4n) is 2.33. The van der Waals surface area contributed by atoms with Crippen LogP contribution < -0.4 is 11.0 Å². The van der Waals surface area contributed by atoms with Crippen LogP contribution in [-0.2, 0) is 30.6 Å². The lowest BCUT2D eigenvalue weighted by molar-refractivity contribution is -0.133. The van der Waals surface area contributed by atoms with Crippen molar-refractivity contribution in [2.45, 2.75) is 79.1 Å². The molecule has 0 fully saturated rings. The van der Waals surface area contributed by atoms with E-state index in [1.807, 2.05) is 13.8 Å². The van der Waals surface area contributed by atoms with Crippen LogP contribution in [0, 0.1) is 11.8 Å². The summed E-state index contributed by atoms with van der Waals surface area (Å²) < 4.78 is 10.3. The Kier molecular flexibility index (Phi) is 13.9. The average Bonchev–Trinajstić information content (AvgIpc) is 2.59. The molecule has 0 saturated carbocycles. The number of unbranched alkanes of at least 4 members (excludes halogenated alkanes) is 2. The van der Waals surface area contributed by atoms with E-state index in [1.54, 1.807) is 0 Å². The second kappa shape index (κ2) is 14.0. The van der Waals surface area contributed by atoms with Gasteiger partial charge in [-0.05, 0) is 37.5 Å². The molecule has 0 aromatic rings. The minimum absolute atomic E-state index is 0.128. The normalized spacial score (nSPS) is 15.9. The highest BCUT2D eigenvalue weighted by atomic mass is 32.9. The van der Waals surface area contributed by atoms with Crippen molar-refractivity contribution in [3.8, 4) is 0 Å². The van der Waals surface area contributed by atoms with Crippen molar-refractivity contribution >= 4 is 41.6 Å². The molecule has 0 aromatic carbocycles. The molecule has 0 aromatic heterocycles. The van der Waals surface area contributed by atoms with E-state index in [9.17, 15) is 9.59 Å². The van der Waals surface area contributed by atoms with Gasteiger partial charge in [0, 0.05) is 11.8 Å². The Morgan fingerprint density at radius 3 is 1.56 bits per heavy atom. The van der Waals surface area contributed by atoms with E-state index in [1.165, 1.54) is 0 Å². The first-order chi connectivity index (χ1) is 11.8. The van der Waals surface area contributed by atoms with E-state index in [4.69, 9.17) is 21.1 Å². The highest BCUT2D eigenvalue weighted by Gasteiger charge is 2.23. The van der Waals surface area contributed by atoms with Crippen LogP contribution in [0.25, 0.3) is 0 Å². The largest absolute Gasteiger partial charge is 0.289 e. The van der Waals surface area contributed by atoms with Gasteiger partial charge in [-0.1, -0.05) is 65.6 Å². The van der Waals surface area contributed by atoms with Gasteiger partial charge in [0.05, 0.1) is 0 Å². The minimum atomic E-state index is -3.09. The smallest absolute Gasteiger partial charge is 0.272 e. The summed E-state index contributed by atoms with van der Waals surface area (Å²) >= 11 is 9.23. The Labute approximate surface area is 162 Å². The number of nitrogens with one attached hydrogen (secondary N) is 2. The Morgan fingerprint density at radius 1 is 0.920 bits per heavy atom. The van der Waals surface area contributed by atoms with E-state index in [2.05, 4.69) is 37.1 Å². The van der Waals surface area contributed by atoms with Gasteiger partial charge in [0.1, 0.15) is 0 Å². The van der Waals surface area contributed by atoms with Crippen molar-refractivity contribution in [1.29, 1.82) is 0 Å². The minimum Gasteiger partial charge on any atom is -0.272 e. The van der Waals surface area contributed by atoms with Crippen LogP contribution >= 0.6 is 17.9 Å². The van der Waals surface area contributed by atoms with Crippen molar-refractivity contribution in [3.63, 3.8) is 0 Å². The number of thiol groups is 1. The van der Waals surface area contributed by atoms with Crippen LogP contribution in [0.4, 0.5) is 0 Å². The van der Waals surface area contributed by atoms with Gasteiger partial charge in [0.2, 0.25) is 11.8 Å². The van der Waals surface area contributed by atoms with Crippen molar-refractivity contribution in [2.75, 3.05) is 0 Å². The molecule has 148 valence electrons. The maximum Gasteiger partial charge on any atom is 0.289 e. The molecular weight excluding hydrogens is 379 g/mol. The second-order valence-corrected chi connectivity index (χ2v) is 11.2. The molecule has 25 heavy (non-hydrogen) atoms. The molecule has 6 nitrogen and oxygen atoms in total. The molecule has 2 unspecified atom stereocenters. The lowest BCUT2D eigenvalue weighted by atomic mass is 9.99. The third kappa shape index (κ3) is 11.2. The quantitative estimate of drug-likeness (QED) is 0.220. The lowest BCUT2D eigenvalue weighted by Gasteiger charge is -2.20. The summed E-state index contributed by atoms with van der Waals surface area (Å²) in [6.07, 6.45) is 7.04. The van der Waals surface area contributed by atoms with Crippen LogP contribution in [0.5, 0.6) is 0 Å². The first-order valence-corrected chi connectivity index (χ1v) is 12.9. The molecule has 2 amide bonds. The molecular formula is C16H33N2O4PS2. The lowest BCUT2D eigenvalue weighted by Crippen LogP contribution is -2.32. The summed E-state index contributed by atoms with van der Waals surface area (Å²) in [4.78, 5) is 24.2. The standard InChI is InChI=1S/C16H33N2O4PS2/c1-5-9-11-13(7-3)15(19)17-21-23(24,25)22-18-16(20)14(8-4)12-10-6-2/h13-14H,5-12H2,1-4H3,(H,17,19)(H,18,20)(H,24,25). The summed E-state index contributed by atoms with van der Waals surface area (Å²) in [7, 11) is 0. The van der Waals surface area contributed by atoms with Crippen LogP contribution in [0.3, 0.4) is 0 Å². The predicted octanol–water partition coefficient (Wildman–Crippen LogP) is 4.67. The van der Waals surface area contributed by atoms with Crippen LogP contribution in [0.15, 0.2) is 0 Å². The number of amides is 2. The van der Waals surface area contributed by atoms with Crippen LogP contribution in [0.2, 0.25) is 0 Å². The van der Waals surface area contributed by atoms with Crippen LogP contribution in [0.1, 0.15) is 79.1 Å². The second-order valence-electron chi connectivity index (χ2n) is 6.08. The van der Waals surface area contributed by atoms with Gasteiger partial charge in [-0.15, -0.1) is 0 Å². The first-order valence-electron chi connectivity index (χ1n) is 9.10. The zero-order valence-electron chi connectivity index (χ0n) is 15.7. The summed E-state index contributed by atoms with van der Waals surface area (Å²) in [5.74, 6) is -0.722. The van der Waals surface area contributed by atoms with Gasteiger partial charge in [-0.3, -0.25) is 9.59 Å². The molecule has 0 radical (unpaired) electrons. The zero-order chi connectivity index (χ0) is 19.3.